The standard InChI is InChI=1S/C18H27N3O5S.ClH/c1-2-25-15-7-6-14(20-18(22)16-13-19-8-11-26-16)12-17(15)27(23,24)21-9-4-3-5-10-21;/h6-7,12,16,19H,2-5,8-11,13H2,1H3,(H,20,22);1H. The van der Waals surface area contributed by atoms with Crippen LogP contribution in [0.2, 0.25) is 0 Å². The summed E-state index contributed by atoms with van der Waals surface area (Å²) in [6.45, 7) is 4.79. The maximum atomic E-state index is 13.1. The minimum absolute atomic E-state index is 0. The van der Waals surface area contributed by atoms with Gasteiger partial charge in [-0.3, -0.25) is 4.79 Å². The van der Waals surface area contributed by atoms with Crippen molar-refractivity contribution in [3.05, 3.63) is 18.2 Å². The van der Waals surface area contributed by atoms with Crippen LogP contribution in [0.25, 0.3) is 0 Å². The Hall–Kier alpha value is -1.39. The van der Waals surface area contributed by atoms with Crippen molar-refractivity contribution < 1.29 is 22.7 Å². The van der Waals surface area contributed by atoms with Crippen LogP contribution in [-0.2, 0) is 19.6 Å². The maximum Gasteiger partial charge on any atom is 0.254 e. The van der Waals surface area contributed by atoms with Crippen molar-refractivity contribution in [3.63, 3.8) is 0 Å². The number of ether oxygens (including phenoxy) is 2. The fourth-order valence-electron chi connectivity index (χ4n) is 3.26. The van der Waals surface area contributed by atoms with Gasteiger partial charge in [0.15, 0.2) is 0 Å². The number of anilines is 1. The molecular weight excluding hydrogens is 406 g/mol. The molecular formula is C18H28ClN3O5S. The van der Waals surface area contributed by atoms with E-state index >= 15 is 0 Å². The molecule has 1 aromatic carbocycles. The molecule has 8 nitrogen and oxygen atoms in total. The van der Waals surface area contributed by atoms with Gasteiger partial charge >= 0.3 is 0 Å². The lowest BCUT2D eigenvalue weighted by Gasteiger charge is -2.27. The molecule has 0 saturated carbocycles. The monoisotopic (exact) mass is 433 g/mol. The number of nitrogens with one attached hydrogen (secondary N) is 2. The number of benzene rings is 1. The second-order valence-electron chi connectivity index (χ2n) is 6.61. The molecule has 10 heteroatoms. The van der Waals surface area contributed by atoms with Crippen LogP contribution in [0.4, 0.5) is 5.69 Å². The molecule has 1 unspecified atom stereocenters. The van der Waals surface area contributed by atoms with E-state index in [0.717, 1.165) is 19.3 Å². The first-order valence-electron chi connectivity index (χ1n) is 9.42. The number of sulfonamides is 1. The summed E-state index contributed by atoms with van der Waals surface area (Å²) < 4.78 is 38.7. The third kappa shape index (κ3) is 5.36. The molecule has 0 bridgehead atoms. The van der Waals surface area contributed by atoms with Crippen LogP contribution in [0.5, 0.6) is 5.75 Å². The van der Waals surface area contributed by atoms with Gasteiger partial charge in [-0.05, 0) is 38.0 Å². The van der Waals surface area contributed by atoms with Gasteiger partial charge in [0.25, 0.3) is 5.91 Å². The van der Waals surface area contributed by atoms with E-state index in [1.807, 2.05) is 0 Å². The first-order valence-corrected chi connectivity index (χ1v) is 10.9. The highest BCUT2D eigenvalue weighted by Crippen LogP contribution is 2.31. The van der Waals surface area contributed by atoms with Crippen LogP contribution in [0.1, 0.15) is 26.2 Å². The van der Waals surface area contributed by atoms with Gasteiger partial charge in [-0.2, -0.15) is 4.31 Å². The number of morpholine rings is 1. The highest BCUT2D eigenvalue weighted by Gasteiger charge is 2.30. The summed E-state index contributed by atoms with van der Waals surface area (Å²) >= 11 is 0. The van der Waals surface area contributed by atoms with Crippen LogP contribution < -0.4 is 15.4 Å². The zero-order chi connectivity index (χ0) is 19.3. The van der Waals surface area contributed by atoms with Gasteiger partial charge in [-0.15, -0.1) is 12.4 Å². The number of piperidine rings is 1. The molecule has 28 heavy (non-hydrogen) atoms. The minimum atomic E-state index is -3.68. The Morgan fingerprint density at radius 1 is 1.32 bits per heavy atom. The first kappa shape index (κ1) is 22.9. The first-order chi connectivity index (χ1) is 13.0. The number of hydrogen-bond acceptors (Lipinski definition) is 6. The predicted molar refractivity (Wildman–Crippen MR) is 109 cm³/mol. The maximum absolute atomic E-state index is 13.1. The molecule has 2 aliphatic rings. The number of rotatable bonds is 6. The van der Waals surface area contributed by atoms with E-state index in [4.69, 9.17) is 9.47 Å². The zero-order valence-corrected chi connectivity index (χ0v) is 17.6. The molecule has 0 aromatic heterocycles. The summed E-state index contributed by atoms with van der Waals surface area (Å²) in [6.07, 6.45) is 2.15. The van der Waals surface area contributed by atoms with E-state index in [2.05, 4.69) is 10.6 Å². The van der Waals surface area contributed by atoms with Crippen molar-refractivity contribution in [1.29, 1.82) is 0 Å². The Kier molecular flexibility index (Phi) is 8.51. The van der Waals surface area contributed by atoms with Gasteiger partial charge in [0.05, 0.1) is 13.2 Å². The van der Waals surface area contributed by atoms with Gasteiger partial charge in [0.1, 0.15) is 16.7 Å². The summed E-state index contributed by atoms with van der Waals surface area (Å²) in [6, 6.07) is 4.72. The van der Waals surface area contributed by atoms with Crippen LogP contribution in [0.3, 0.4) is 0 Å². The normalized spacial score (nSPS) is 20.8. The molecule has 2 fully saturated rings. The molecule has 0 radical (unpaired) electrons. The summed E-state index contributed by atoms with van der Waals surface area (Å²) in [7, 11) is -3.68. The molecule has 2 saturated heterocycles. The van der Waals surface area contributed by atoms with Crippen LogP contribution >= 0.6 is 12.4 Å². The molecule has 1 aromatic rings. The summed E-state index contributed by atoms with van der Waals surface area (Å²) in [5.74, 6) is 0.00401. The SMILES string of the molecule is CCOc1ccc(NC(=O)C2CNCCO2)cc1S(=O)(=O)N1CCCCC1.Cl. The largest absolute Gasteiger partial charge is 0.492 e. The smallest absolute Gasteiger partial charge is 0.254 e. The number of hydrogen-bond donors (Lipinski definition) is 2. The quantitative estimate of drug-likeness (QED) is 0.707. The lowest BCUT2D eigenvalue weighted by Crippen LogP contribution is -2.45. The van der Waals surface area contributed by atoms with Gasteiger partial charge < -0.3 is 20.1 Å². The number of carbonyl (C=O) groups is 1. The average molecular weight is 434 g/mol. The molecule has 1 atom stereocenters. The van der Waals surface area contributed by atoms with E-state index in [0.29, 0.717) is 50.8 Å². The molecule has 1 amide bonds. The molecule has 158 valence electrons. The van der Waals surface area contributed by atoms with Crippen molar-refractivity contribution >= 4 is 34.0 Å². The van der Waals surface area contributed by atoms with E-state index in [9.17, 15) is 13.2 Å². The zero-order valence-electron chi connectivity index (χ0n) is 16.0. The molecule has 0 spiro atoms. The second kappa shape index (κ2) is 10.4. The van der Waals surface area contributed by atoms with Gasteiger partial charge in [-0.1, -0.05) is 6.42 Å². The lowest BCUT2D eigenvalue weighted by atomic mass is 10.2. The van der Waals surface area contributed by atoms with Crippen molar-refractivity contribution in [3.8, 4) is 5.75 Å². The Bertz CT molecular complexity index is 762. The number of carbonyl (C=O) groups excluding carboxylic acids is 1. The summed E-state index contributed by atoms with van der Waals surface area (Å²) in [5.41, 5.74) is 0.410. The van der Waals surface area contributed by atoms with Crippen molar-refractivity contribution in [2.45, 2.75) is 37.2 Å². The molecule has 2 aliphatic heterocycles. The highest BCUT2D eigenvalue weighted by atomic mass is 35.5. The Labute approximate surface area is 172 Å². The number of nitrogens with zero attached hydrogens (tertiary/aromatic N) is 1. The van der Waals surface area contributed by atoms with E-state index in [-0.39, 0.29) is 23.2 Å². The van der Waals surface area contributed by atoms with Crippen LogP contribution in [0.15, 0.2) is 23.1 Å². The van der Waals surface area contributed by atoms with Crippen molar-refractivity contribution in [1.82, 2.24) is 9.62 Å². The van der Waals surface area contributed by atoms with Gasteiger partial charge in [0.2, 0.25) is 10.0 Å². The van der Waals surface area contributed by atoms with Crippen molar-refractivity contribution in [2.24, 2.45) is 0 Å². The predicted octanol–water partition coefficient (Wildman–Crippen LogP) is 1.61. The van der Waals surface area contributed by atoms with Crippen LogP contribution in [-0.4, -0.2) is 64.1 Å². The third-order valence-electron chi connectivity index (χ3n) is 4.66. The van der Waals surface area contributed by atoms with Crippen LogP contribution in [0, 0.1) is 0 Å². The summed E-state index contributed by atoms with van der Waals surface area (Å²) in [5, 5.41) is 5.85. The molecule has 2 N–H and O–H groups in total. The number of halogens is 1. The number of amides is 1. The van der Waals surface area contributed by atoms with E-state index < -0.39 is 16.1 Å². The fourth-order valence-corrected chi connectivity index (χ4v) is 4.94. The van der Waals surface area contributed by atoms with Crippen molar-refractivity contribution in [2.75, 3.05) is 44.7 Å². The summed E-state index contributed by atoms with van der Waals surface area (Å²) in [4.78, 5) is 12.5. The molecule has 0 aliphatic carbocycles. The minimum Gasteiger partial charge on any atom is -0.492 e. The van der Waals surface area contributed by atoms with Gasteiger partial charge in [-0.25, -0.2) is 8.42 Å². The molecule has 3 rings (SSSR count). The second-order valence-corrected chi connectivity index (χ2v) is 8.52. The van der Waals surface area contributed by atoms with E-state index in [1.165, 1.54) is 10.4 Å². The fraction of sp³-hybridized carbons (Fsp3) is 0.611. The van der Waals surface area contributed by atoms with E-state index in [1.54, 1.807) is 19.1 Å². The molecule has 2 heterocycles. The Morgan fingerprint density at radius 3 is 2.71 bits per heavy atom. The third-order valence-corrected chi connectivity index (χ3v) is 6.58. The lowest BCUT2D eigenvalue weighted by molar-refractivity contribution is -0.128. The van der Waals surface area contributed by atoms with Gasteiger partial charge in [0, 0.05) is 31.9 Å². The topological polar surface area (TPSA) is 97.0 Å². The Morgan fingerprint density at radius 2 is 2.07 bits per heavy atom. The Balaban J connectivity index is 0.00000280. The average Bonchev–Trinajstić information content (AvgIpc) is 2.70. The highest BCUT2D eigenvalue weighted by molar-refractivity contribution is 7.89.